The van der Waals surface area contributed by atoms with Gasteiger partial charge in [0.05, 0.1) is 11.5 Å². The highest BCUT2D eigenvalue weighted by atomic mass is 32.2. The van der Waals surface area contributed by atoms with Gasteiger partial charge < -0.3 is 5.11 Å². The third-order valence-electron chi connectivity index (χ3n) is 2.29. The van der Waals surface area contributed by atoms with Gasteiger partial charge in [-0.2, -0.15) is 0 Å². The lowest BCUT2D eigenvalue weighted by Crippen LogP contribution is -2.35. The summed E-state index contributed by atoms with van der Waals surface area (Å²) in [5, 5.41) is 19.7. The van der Waals surface area contributed by atoms with Crippen molar-refractivity contribution in [1.29, 1.82) is 0 Å². The van der Waals surface area contributed by atoms with Crippen LogP contribution in [0.1, 0.15) is 12.5 Å². The number of aliphatic hydroxyl groups is 1. The normalized spacial score (nSPS) is 13.3. The molecule has 1 unspecified atom stereocenters. The minimum atomic E-state index is -4.03. The first-order valence-corrected chi connectivity index (χ1v) is 6.65. The number of nitro groups is 1. The summed E-state index contributed by atoms with van der Waals surface area (Å²) >= 11 is 0. The predicted molar refractivity (Wildman–Crippen MR) is 64.7 cm³/mol. The number of hydrogen-bond donors (Lipinski definition) is 2. The van der Waals surface area contributed by atoms with Crippen LogP contribution in [0.15, 0.2) is 23.1 Å². The number of sulfonamides is 1. The Kier molecular flexibility index (Phi) is 4.38. The van der Waals surface area contributed by atoms with Crippen molar-refractivity contribution in [2.24, 2.45) is 0 Å². The number of aryl methyl sites for hydroxylation is 1. The van der Waals surface area contributed by atoms with E-state index in [0.29, 0.717) is 0 Å². The molecule has 100 valence electrons. The number of aliphatic hydroxyl groups excluding tert-OH is 1. The highest BCUT2D eigenvalue weighted by Gasteiger charge is 2.28. The van der Waals surface area contributed by atoms with Crippen molar-refractivity contribution in [3.05, 3.63) is 33.9 Å². The molecule has 0 radical (unpaired) electrons. The molecule has 1 atom stereocenters. The van der Waals surface area contributed by atoms with Gasteiger partial charge in [-0.1, -0.05) is 12.1 Å². The maximum Gasteiger partial charge on any atom is 0.289 e. The van der Waals surface area contributed by atoms with Crippen LogP contribution in [-0.2, 0) is 10.0 Å². The largest absolute Gasteiger partial charge is 0.395 e. The molecule has 0 aliphatic carbocycles. The molecule has 0 aliphatic heterocycles. The van der Waals surface area contributed by atoms with Crippen molar-refractivity contribution in [1.82, 2.24) is 4.72 Å². The second-order valence-electron chi connectivity index (χ2n) is 3.89. The van der Waals surface area contributed by atoms with E-state index in [9.17, 15) is 18.5 Å². The Bertz CT molecular complexity index is 555. The molecule has 8 heteroatoms. The highest BCUT2D eigenvalue weighted by molar-refractivity contribution is 7.89. The van der Waals surface area contributed by atoms with Crippen LogP contribution >= 0.6 is 0 Å². The summed E-state index contributed by atoms with van der Waals surface area (Å²) in [5.41, 5.74) is -0.200. The number of nitrogens with one attached hydrogen (secondary N) is 1. The van der Waals surface area contributed by atoms with Crippen molar-refractivity contribution in [3.63, 3.8) is 0 Å². The predicted octanol–water partition coefficient (Wildman–Crippen LogP) is 0.562. The average molecular weight is 274 g/mol. The lowest BCUT2D eigenvalue weighted by molar-refractivity contribution is -0.387. The number of hydrogen-bond acceptors (Lipinski definition) is 5. The second kappa shape index (κ2) is 5.42. The summed E-state index contributed by atoms with van der Waals surface area (Å²) in [7, 11) is -4.03. The third kappa shape index (κ3) is 3.03. The fourth-order valence-corrected chi connectivity index (χ4v) is 3.12. The van der Waals surface area contributed by atoms with Crippen molar-refractivity contribution in [2.45, 2.75) is 24.8 Å². The van der Waals surface area contributed by atoms with Crippen LogP contribution in [0.4, 0.5) is 5.69 Å². The molecule has 7 nitrogen and oxygen atoms in total. The Morgan fingerprint density at radius 2 is 2.11 bits per heavy atom. The Hall–Kier alpha value is -1.51. The van der Waals surface area contributed by atoms with E-state index >= 15 is 0 Å². The van der Waals surface area contributed by atoms with Gasteiger partial charge in [0.15, 0.2) is 4.90 Å². The van der Waals surface area contributed by atoms with Crippen LogP contribution in [0.5, 0.6) is 0 Å². The molecule has 0 aliphatic rings. The van der Waals surface area contributed by atoms with Crippen LogP contribution in [0.25, 0.3) is 0 Å². The lowest BCUT2D eigenvalue weighted by atomic mass is 10.2. The Balaban J connectivity index is 3.36. The Morgan fingerprint density at radius 3 is 2.61 bits per heavy atom. The summed E-state index contributed by atoms with van der Waals surface area (Å²) in [6.07, 6.45) is 0. The van der Waals surface area contributed by atoms with Crippen LogP contribution in [0.3, 0.4) is 0 Å². The molecule has 18 heavy (non-hydrogen) atoms. The molecule has 1 aromatic carbocycles. The topological polar surface area (TPSA) is 110 Å². The smallest absolute Gasteiger partial charge is 0.289 e. The summed E-state index contributed by atoms with van der Waals surface area (Å²) in [6.45, 7) is 2.55. The molecule has 0 saturated carbocycles. The zero-order chi connectivity index (χ0) is 13.9. The van der Waals surface area contributed by atoms with Crippen LogP contribution in [0, 0.1) is 17.0 Å². The number of rotatable bonds is 5. The van der Waals surface area contributed by atoms with E-state index in [1.54, 1.807) is 0 Å². The van der Waals surface area contributed by atoms with E-state index in [1.807, 2.05) is 0 Å². The first-order chi connectivity index (χ1) is 8.29. The van der Waals surface area contributed by atoms with Crippen molar-refractivity contribution < 1.29 is 18.4 Å². The first kappa shape index (κ1) is 14.6. The number of nitro benzene ring substituents is 1. The molecular weight excluding hydrogens is 260 g/mol. The summed E-state index contributed by atoms with van der Waals surface area (Å²) in [6, 6.07) is 3.31. The van der Waals surface area contributed by atoms with E-state index in [1.165, 1.54) is 26.0 Å². The summed E-state index contributed by atoms with van der Waals surface area (Å²) in [5.74, 6) is 0. The van der Waals surface area contributed by atoms with Gasteiger partial charge >= 0.3 is 0 Å². The molecule has 0 spiro atoms. The molecule has 0 heterocycles. The molecule has 0 bridgehead atoms. The van der Waals surface area contributed by atoms with Gasteiger partial charge in [0.1, 0.15) is 0 Å². The van der Waals surface area contributed by atoms with E-state index in [2.05, 4.69) is 4.72 Å². The third-order valence-corrected chi connectivity index (χ3v) is 4.07. The van der Waals surface area contributed by atoms with Crippen molar-refractivity contribution >= 4 is 15.7 Å². The Labute approximate surface area is 105 Å². The first-order valence-electron chi connectivity index (χ1n) is 5.16. The van der Waals surface area contributed by atoms with Gasteiger partial charge in [-0.3, -0.25) is 10.1 Å². The van der Waals surface area contributed by atoms with Gasteiger partial charge in [0, 0.05) is 12.1 Å². The van der Waals surface area contributed by atoms with Gasteiger partial charge in [0.2, 0.25) is 10.0 Å². The van der Waals surface area contributed by atoms with Crippen LogP contribution in [0.2, 0.25) is 0 Å². The van der Waals surface area contributed by atoms with Gasteiger partial charge in [-0.15, -0.1) is 0 Å². The molecular formula is C10H14N2O5S. The molecule has 0 aromatic heterocycles. The summed E-state index contributed by atoms with van der Waals surface area (Å²) < 4.78 is 26.2. The van der Waals surface area contributed by atoms with E-state index < -0.39 is 26.7 Å². The summed E-state index contributed by atoms with van der Waals surface area (Å²) in [4.78, 5) is 9.73. The fourth-order valence-electron chi connectivity index (χ4n) is 1.49. The molecule has 1 rings (SSSR count). The quantitative estimate of drug-likeness (QED) is 0.602. The highest BCUT2D eigenvalue weighted by Crippen LogP contribution is 2.26. The van der Waals surface area contributed by atoms with Gasteiger partial charge in [-0.05, 0) is 19.4 Å². The lowest BCUT2D eigenvalue weighted by Gasteiger charge is -2.13. The maximum absolute atomic E-state index is 12.0. The minimum Gasteiger partial charge on any atom is -0.395 e. The van der Waals surface area contributed by atoms with Gasteiger partial charge in [0.25, 0.3) is 5.69 Å². The molecule has 0 amide bonds. The van der Waals surface area contributed by atoms with E-state index in [0.717, 1.165) is 6.07 Å². The zero-order valence-electron chi connectivity index (χ0n) is 9.95. The average Bonchev–Trinajstić information content (AvgIpc) is 2.27. The second-order valence-corrected chi connectivity index (χ2v) is 5.54. The van der Waals surface area contributed by atoms with E-state index in [-0.39, 0.29) is 17.1 Å². The monoisotopic (exact) mass is 274 g/mol. The minimum absolute atomic E-state index is 0.279. The number of nitrogens with zero attached hydrogens (tertiary/aromatic N) is 1. The van der Waals surface area contributed by atoms with Crippen LogP contribution < -0.4 is 4.72 Å². The van der Waals surface area contributed by atoms with Gasteiger partial charge in [-0.25, -0.2) is 13.1 Å². The molecule has 1 aromatic rings. The van der Waals surface area contributed by atoms with Crippen molar-refractivity contribution in [2.75, 3.05) is 6.61 Å². The fraction of sp³-hybridized carbons (Fsp3) is 0.400. The molecule has 0 saturated heterocycles. The molecule has 0 fully saturated rings. The van der Waals surface area contributed by atoms with E-state index in [4.69, 9.17) is 5.11 Å². The maximum atomic E-state index is 12.0. The zero-order valence-corrected chi connectivity index (χ0v) is 10.8. The standard InChI is InChI=1S/C10H14N2O5S/c1-7-4-3-5-9(12(14)15)10(7)18(16,17)11-8(2)6-13/h3-5,8,11,13H,6H2,1-2H3. The molecule has 2 N–H and O–H groups in total. The van der Waals surface area contributed by atoms with Crippen molar-refractivity contribution in [3.8, 4) is 0 Å². The number of benzene rings is 1. The van der Waals surface area contributed by atoms with Crippen LogP contribution in [-0.4, -0.2) is 31.1 Å². The SMILES string of the molecule is Cc1cccc([N+](=O)[O-])c1S(=O)(=O)NC(C)CO. The Morgan fingerprint density at radius 1 is 1.50 bits per heavy atom.